The van der Waals surface area contributed by atoms with Gasteiger partial charge in [-0.1, -0.05) is 0 Å². The van der Waals surface area contributed by atoms with Crippen LogP contribution in [0.15, 0.2) is 16.7 Å². The lowest BCUT2D eigenvalue weighted by Crippen LogP contribution is -2.24. The summed E-state index contributed by atoms with van der Waals surface area (Å²) >= 11 is 0. The molecule has 1 aliphatic rings. The van der Waals surface area contributed by atoms with Gasteiger partial charge in [-0.15, -0.1) is 37.0 Å². The van der Waals surface area contributed by atoms with Gasteiger partial charge in [0, 0.05) is 27.8 Å². The molecule has 0 radical (unpaired) electrons. The van der Waals surface area contributed by atoms with Gasteiger partial charge in [0.2, 0.25) is 0 Å². The summed E-state index contributed by atoms with van der Waals surface area (Å²) in [6.45, 7) is 3.12. The number of nitrogens with zero attached hydrogens (tertiary/aromatic N) is 6. The van der Waals surface area contributed by atoms with Gasteiger partial charge in [-0.25, -0.2) is 26.3 Å². The Bertz CT molecular complexity index is 2070. The Hall–Kier alpha value is -4.88. The molecular formula is C32H14F6N6P4. The number of halogens is 6. The maximum atomic E-state index is 15.6. The highest BCUT2D eigenvalue weighted by molar-refractivity contribution is 7.36. The third kappa shape index (κ3) is 5.17. The lowest BCUT2D eigenvalue weighted by molar-refractivity contribution is 0.447. The first kappa shape index (κ1) is 36.0. The molecule has 0 bridgehead atoms. The van der Waals surface area contributed by atoms with E-state index in [4.69, 9.17) is 5.26 Å². The van der Waals surface area contributed by atoms with E-state index >= 15 is 17.6 Å². The minimum absolute atomic E-state index is 0.0982. The molecule has 3 aromatic rings. The van der Waals surface area contributed by atoms with E-state index in [0.29, 0.717) is 11.1 Å². The highest BCUT2D eigenvalue weighted by Crippen LogP contribution is 2.56. The van der Waals surface area contributed by atoms with Crippen molar-refractivity contribution in [1.82, 2.24) is 0 Å². The Morgan fingerprint density at radius 1 is 0.417 bits per heavy atom. The van der Waals surface area contributed by atoms with E-state index in [0.717, 1.165) is 6.07 Å². The molecule has 0 amide bonds. The Morgan fingerprint density at radius 2 is 0.750 bits per heavy atom. The van der Waals surface area contributed by atoms with Crippen LogP contribution in [0.3, 0.4) is 0 Å². The van der Waals surface area contributed by atoms with Crippen LogP contribution >= 0.6 is 37.0 Å². The van der Waals surface area contributed by atoms with Gasteiger partial charge in [0.25, 0.3) is 0 Å². The van der Waals surface area contributed by atoms with Crippen LogP contribution in [-0.4, -0.2) is 0 Å². The van der Waals surface area contributed by atoms with Crippen LogP contribution in [0.1, 0.15) is 44.5 Å². The van der Waals surface area contributed by atoms with Crippen LogP contribution in [0.25, 0.3) is 16.7 Å². The van der Waals surface area contributed by atoms with E-state index in [1.807, 2.05) is 30.6 Å². The third-order valence-electron chi connectivity index (χ3n) is 7.68. The fourth-order valence-electron chi connectivity index (χ4n) is 5.18. The predicted molar refractivity (Wildman–Crippen MR) is 178 cm³/mol. The van der Waals surface area contributed by atoms with Crippen LogP contribution in [0.2, 0.25) is 0 Å². The van der Waals surface area contributed by atoms with Crippen molar-refractivity contribution in [3.63, 3.8) is 0 Å². The van der Waals surface area contributed by atoms with Crippen molar-refractivity contribution in [2.24, 2.45) is 0 Å². The minimum atomic E-state index is -2.14. The van der Waals surface area contributed by atoms with Crippen LogP contribution in [-0.2, 0) is 0 Å². The van der Waals surface area contributed by atoms with E-state index in [1.54, 1.807) is 19.9 Å². The van der Waals surface area contributed by atoms with Gasteiger partial charge < -0.3 is 0 Å². The molecule has 0 spiro atoms. The topological polar surface area (TPSA) is 143 Å². The summed E-state index contributed by atoms with van der Waals surface area (Å²) in [5.41, 5.74) is -7.32. The zero-order valence-electron chi connectivity index (χ0n) is 24.3. The normalized spacial score (nSPS) is 14.9. The summed E-state index contributed by atoms with van der Waals surface area (Å²) in [6.07, 6.45) is 0. The second-order valence-corrected chi connectivity index (χ2v) is 12.3. The molecule has 1 aliphatic carbocycles. The van der Waals surface area contributed by atoms with Crippen LogP contribution < -0.4 is 21.2 Å². The average molecular weight is 720 g/mol. The first-order valence-electron chi connectivity index (χ1n) is 12.9. The lowest BCUT2D eigenvalue weighted by Gasteiger charge is -2.16. The van der Waals surface area contributed by atoms with E-state index in [1.165, 1.54) is 12.1 Å². The average Bonchev–Trinajstić information content (AvgIpc) is 3.78. The number of allylic oxidation sites excluding steroid dienone is 6. The first-order chi connectivity index (χ1) is 22.6. The summed E-state index contributed by atoms with van der Waals surface area (Å²) < 4.78 is 90.9. The first-order valence-corrected chi connectivity index (χ1v) is 15.2. The Balaban J connectivity index is 2.38. The quantitative estimate of drug-likeness (QED) is 0.161. The summed E-state index contributed by atoms with van der Waals surface area (Å²) in [5.74, 6) is -11.9. The van der Waals surface area contributed by atoms with Crippen molar-refractivity contribution < 1.29 is 26.3 Å². The molecule has 0 aliphatic heterocycles. The molecule has 3 aromatic carbocycles. The zero-order chi connectivity index (χ0) is 36.1. The molecular weight excluding hydrogens is 706 g/mol. The zero-order valence-corrected chi connectivity index (χ0v) is 28.9. The van der Waals surface area contributed by atoms with Crippen molar-refractivity contribution in [3.8, 4) is 36.4 Å². The molecule has 4 atom stereocenters. The monoisotopic (exact) mass is 720 g/mol. The van der Waals surface area contributed by atoms with E-state index in [-0.39, 0.29) is 43.5 Å². The molecule has 48 heavy (non-hydrogen) atoms. The molecule has 0 heterocycles. The number of nitriles is 6. The van der Waals surface area contributed by atoms with Crippen molar-refractivity contribution >= 4 is 74.9 Å². The molecule has 1 saturated carbocycles. The second-order valence-electron chi connectivity index (χ2n) is 9.96. The number of hydrogen-bond donors (Lipinski definition) is 0. The molecule has 4 unspecified atom stereocenters. The van der Waals surface area contributed by atoms with Gasteiger partial charge in [0.05, 0.1) is 39.5 Å². The smallest absolute Gasteiger partial charge is 0.180 e. The van der Waals surface area contributed by atoms with Crippen molar-refractivity contribution in [1.29, 1.82) is 31.6 Å². The minimum Gasteiger partial charge on any atom is -0.203 e. The molecule has 4 rings (SSSR count). The maximum absolute atomic E-state index is 15.6. The lowest BCUT2D eigenvalue weighted by atomic mass is 9.94. The summed E-state index contributed by atoms with van der Waals surface area (Å²) in [6, 6.07) is 9.53. The van der Waals surface area contributed by atoms with Crippen molar-refractivity contribution in [3.05, 3.63) is 96.1 Å². The molecule has 234 valence electrons. The highest BCUT2D eigenvalue weighted by Gasteiger charge is 2.45. The maximum Gasteiger partial charge on any atom is 0.180 e. The van der Waals surface area contributed by atoms with Gasteiger partial charge in [-0.3, -0.25) is 0 Å². The summed E-state index contributed by atoms with van der Waals surface area (Å²) in [5, 5.41) is 59.2. The number of hydrogen-bond acceptors (Lipinski definition) is 6. The molecule has 1 fully saturated rings. The summed E-state index contributed by atoms with van der Waals surface area (Å²) in [4.78, 5) is 0. The number of rotatable bonds is 3. The van der Waals surface area contributed by atoms with Gasteiger partial charge in [-0.05, 0) is 46.2 Å². The Labute approximate surface area is 278 Å². The largest absolute Gasteiger partial charge is 0.203 e. The van der Waals surface area contributed by atoms with E-state index in [2.05, 4.69) is 18.5 Å². The van der Waals surface area contributed by atoms with Crippen LogP contribution in [0.5, 0.6) is 0 Å². The molecule has 16 heteroatoms. The van der Waals surface area contributed by atoms with Crippen molar-refractivity contribution in [2.45, 2.75) is 13.8 Å². The molecule has 0 N–H and O–H groups in total. The number of benzene rings is 3. The molecule has 0 aromatic heterocycles. The standard InChI is InChI=1S/C32H14F6N6P4/c1-9-11(3-39)10(2)30(46)22(29(9)45)14(6-42)19-17(12(4-40)20-26(36)23(33)15(7-43)24(34)27(20)37)18(19)13(5-41)21-28(38)25(35)16(8-44)31(47)32(21)48/h45-48H2,1-2H3. The second kappa shape index (κ2) is 13.3. The fourth-order valence-corrected chi connectivity index (χ4v) is 6.99. The molecule has 0 saturated heterocycles. The van der Waals surface area contributed by atoms with Crippen LogP contribution in [0, 0.1) is 117 Å². The third-order valence-corrected chi connectivity index (χ3v) is 10.7. The molecule has 6 nitrogen and oxygen atoms in total. The van der Waals surface area contributed by atoms with Gasteiger partial charge in [0.15, 0.2) is 34.9 Å². The fraction of sp³-hybridized carbons (Fsp3) is 0.0625. The predicted octanol–water partition coefficient (Wildman–Crippen LogP) is 5.00. The van der Waals surface area contributed by atoms with E-state index < -0.39 is 79.4 Å². The SMILES string of the molecule is Cc1c(P)c(C(C#N)=C2C(=C(C#N)c3c(F)c(F)c(C#N)c(F)c3F)C2=C(C#N)c2c(F)c(F)c(C#N)c(P)c2P)c(P)c(C)c1C#N. The Kier molecular flexibility index (Phi) is 9.98. The van der Waals surface area contributed by atoms with Crippen LogP contribution in [0.4, 0.5) is 26.3 Å². The van der Waals surface area contributed by atoms with E-state index in [9.17, 15) is 35.1 Å². The van der Waals surface area contributed by atoms with Gasteiger partial charge in [0.1, 0.15) is 35.9 Å². The summed E-state index contributed by atoms with van der Waals surface area (Å²) in [7, 11) is 8.75. The van der Waals surface area contributed by atoms with Gasteiger partial charge in [-0.2, -0.15) is 31.6 Å². The van der Waals surface area contributed by atoms with Crippen molar-refractivity contribution in [2.75, 3.05) is 0 Å². The Morgan fingerprint density at radius 3 is 1.12 bits per heavy atom. The highest BCUT2D eigenvalue weighted by atomic mass is 31.0. The van der Waals surface area contributed by atoms with Gasteiger partial charge >= 0.3 is 0 Å².